The molecule has 0 saturated carbocycles. The van der Waals surface area contributed by atoms with Gasteiger partial charge in [0.05, 0.1) is 22.8 Å². The molecule has 1 amide bonds. The number of thiazole rings is 1. The zero-order chi connectivity index (χ0) is 21.1. The third kappa shape index (κ3) is 4.15. The molecule has 2 heterocycles. The number of para-hydroxylation sites is 2. The van der Waals surface area contributed by atoms with Crippen LogP contribution in [-0.2, 0) is 4.79 Å². The highest BCUT2D eigenvalue weighted by Gasteiger charge is 2.22. The van der Waals surface area contributed by atoms with Crippen LogP contribution in [0.15, 0.2) is 65.1 Å². The third-order valence-corrected chi connectivity index (χ3v) is 6.40. The lowest BCUT2D eigenvalue weighted by atomic mass is 10.2. The highest BCUT2D eigenvalue weighted by Crippen LogP contribution is 2.30. The Morgan fingerprint density at radius 1 is 1.03 bits per heavy atom. The number of carbonyl (C=O) groups excluding carboxylic acids is 1. The molecule has 0 aliphatic heterocycles. The van der Waals surface area contributed by atoms with Gasteiger partial charge in [-0.15, -0.1) is 21.5 Å². The predicted molar refractivity (Wildman–Crippen MR) is 122 cm³/mol. The minimum atomic E-state index is -0.0578. The zero-order valence-electron chi connectivity index (χ0n) is 16.9. The fourth-order valence-electron chi connectivity index (χ4n) is 3.10. The second kappa shape index (κ2) is 8.81. The van der Waals surface area contributed by atoms with Crippen LogP contribution >= 0.6 is 23.1 Å². The van der Waals surface area contributed by atoms with E-state index in [-0.39, 0.29) is 11.7 Å². The molecule has 8 heteroatoms. The Morgan fingerprint density at radius 3 is 2.47 bits per heavy atom. The van der Waals surface area contributed by atoms with Crippen molar-refractivity contribution in [3.05, 3.63) is 77.1 Å². The van der Waals surface area contributed by atoms with Gasteiger partial charge in [-0.3, -0.25) is 14.3 Å². The lowest BCUT2D eigenvalue weighted by Gasteiger charge is -2.20. The maximum Gasteiger partial charge on any atom is 0.243 e. The first-order chi connectivity index (χ1) is 14.5. The molecule has 2 aromatic carbocycles. The number of hydrogen-bond acceptors (Lipinski definition) is 6. The Hall–Kier alpha value is -2.97. The first-order valence-electron chi connectivity index (χ1n) is 9.45. The van der Waals surface area contributed by atoms with Crippen LogP contribution in [0.3, 0.4) is 0 Å². The maximum absolute atomic E-state index is 13.3. The summed E-state index contributed by atoms with van der Waals surface area (Å²) in [6.07, 6.45) is 0. The predicted octanol–water partition coefficient (Wildman–Crippen LogP) is 5.11. The average Bonchev–Trinajstić information content (AvgIpc) is 3.33. The SMILES string of the molecule is Cc1csc(N(C(=O)CSc2nnc(C)n2-c2ccccc2C)c2ccccc2)n1. The van der Waals surface area contributed by atoms with Crippen LogP contribution < -0.4 is 4.90 Å². The highest BCUT2D eigenvalue weighted by molar-refractivity contribution is 7.99. The number of anilines is 2. The highest BCUT2D eigenvalue weighted by atomic mass is 32.2. The molecule has 4 aromatic rings. The van der Waals surface area contributed by atoms with Gasteiger partial charge in [-0.25, -0.2) is 4.98 Å². The van der Waals surface area contributed by atoms with Crippen molar-refractivity contribution in [2.24, 2.45) is 0 Å². The van der Waals surface area contributed by atoms with Crippen molar-refractivity contribution in [1.29, 1.82) is 0 Å². The van der Waals surface area contributed by atoms with Gasteiger partial charge in [-0.1, -0.05) is 48.2 Å². The van der Waals surface area contributed by atoms with Crippen LogP contribution in [-0.4, -0.2) is 31.4 Å². The molecule has 4 rings (SSSR count). The van der Waals surface area contributed by atoms with Gasteiger partial charge in [0.1, 0.15) is 5.82 Å². The van der Waals surface area contributed by atoms with E-state index in [2.05, 4.69) is 28.2 Å². The summed E-state index contributed by atoms with van der Waals surface area (Å²) >= 11 is 2.84. The molecule has 6 nitrogen and oxygen atoms in total. The van der Waals surface area contributed by atoms with Gasteiger partial charge in [0, 0.05) is 5.38 Å². The van der Waals surface area contributed by atoms with E-state index in [0.29, 0.717) is 10.3 Å². The molecule has 0 N–H and O–H groups in total. The minimum Gasteiger partial charge on any atom is -0.274 e. The summed E-state index contributed by atoms with van der Waals surface area (Å²) in [4.78, 5) is 19.5. The number of amides is 1. The van der Waals surface area contributed by atoms with Gasteiger partial charge in [0.2, 0.25) is 5.91 Å². The standard InChI is InChI=1S/C22H21N5OS2/c1-15-9-7-8-12-19(15)26-17(3)24-25-22(26)30-14-20(28)27(18-10-5-4-6-11-18)21-23-16(2)13-29-21/h4-13H,14H2,1-3H3. The second-order valence-corrected chi connectivity index (χ2v) is 8.56. The molecule has 0 radical (unpaired) electrons. The number of rotatable bonds is 6. The smallest absolute Gasteiger partial charge is 0.243 e. The Labute approximate surface area is 183 Å². The van der Waals surface area contributed by atoms with Crippen LogP contribution in [0.4, 0.5) is 10.8 Å². The molecule has 0 bridgehead atoms. The Kier molecular flexibility index (Phi) is 5.96. The number of nitrogens with zero attached hydrogens (tertiary/aromatic N) is 5. The number of carbonyl (C=O) groups is 1. The van der Waals surface area contributed by atoms with Gasteiger partial charge in [0.15, 0.2) is 10.3 Å². The van der Waals surface area contributed by atoms with Gasteiger partial charge in [0.25, 0.3) is 0 Å². The van der Waals surface area contributed by atoms with Crippen molar-refractivity contribution in [1.82, 2.24) is 19.7 Å². The molecular weight excluding hydrogens is 414 g/mol. The van der Waals surface area contributed by atoms with E-state index in [9.17, 15) is 4.79 Å². The summed E-state index contributed by atoms with van der Waals surface area (Å²) in [7, 11) is 0. The van der Waals surface area contributed by atoms with Gasteiger partial charge in [-0.05, 0) is 44.5 Å². The summed E-state index contributed by atoms with van der Waals surface area (Å²) in [6, 6.07) is 17.7. The molecule has 0 aliphatic carbocycles. The molecule has 0 spiro atoms. The van der Waals surface area contributed by atoms with E-state index >= 15 is 0 Å². The van der Waals surface area contributed by atoms with Crippen LogP contribution in [0, 0.1) is 20.8 Å². The first kappa shape index (κ1) is 20.3. The Bertz CT molecular complexity index is 1170. The number of aryl methyl sites for hydroxylation is 3. The van der Waals surface area contributed by atoms with E-state index in [1.54, 1.807) is 4.90 Å². The summed E-state index contributed by atoms with van der Waals surface area (Å²) in [5.74, 6) is 0.949. The lowest BCUT2D eigenvalue weighted by Crippen LogP contribution is -2.27. The topological polar surface area (TPSA) is 63.9 Å². The Morgan fingerprint density at radius 2 is 1.77 bits per heavy atom. The van der Waals surface area contributed by atoms with Crippen LogP contribution in [0.1, 0.15) is 17.1 Å². The van der Waals surface area contributed by atoms with Crippen molar-refractivity contribution in [3.63, 3.8) is 0 Å². The molecule has 0 aliphatic rings. The largest absolute Gasteiger partial charge is 0.274 e. The van der Waals surface area contributed by atoms with Crippen molar-refractivity contribution in [3.8, 4) is 5.69 Å². The van der Waals surface area contributed by atoms with E-state index in [1.165, 1.54) is 23.1 Å². The second-order valence-electron chi connectivity index (χ2n) is 6.78. The van der Waals surface area contributed by atoms with E-state index in [0.717, 1.165) is 28.5 Å². The summed E-state index contributed by atoms with van der Waals surface area (Å²) in [5.41, 5.74) is 3.84. The fraction of sp³-hybridized carbons (Fsp3) is 0.182. The molecule has 0 saturated heterocycles. The van der Waals surface area contributed by atoms with Crippen molar-refractivity contribution < 1.29 is 4.79 Å². The zero-order valence-corrected chi connectivity index (χ0v) is 18.6. The summed E-state index contributed by atoms with van der Waals surface area (Å²) in [5, 5.41) is 11.8. The minimum absolute atomic E-state index is 0.0578. The molecule has 2 aromatic heterocycles. The van der Waals surface area contributed by atoms with Crippen molar-refractivity contribution in [2.75, 3.05) is 10.7 Å². The van der Waals surface area contributed by atoms with Gasteiger partial charge < -0.3 is 0 Å². The molecule has 0 atom stereocenters. The monoisotopic (exact) mass is 435 g/mol. The fourth-order valence-corrected chi connectivity index (χ4v) is 4.78. The quantitative estimate of drug-likeness (QED) is 0.394. The van der Waals surface area contributed by atoms with E-state index in [4.69, 9.17) is 0 Å². The lowest BCUT2D eigenvalue weighted by molar-refractivity contribution is -0.115. The summed E-state index contributed by atoms with van der Waals surface area (Å²) < 4.78 is 1.99. The molecule has 0 unspecified atom stereocenters. The van der Waals surface area contributed by atoms with Gasteiger partial charge in [-0.2, -0.15) is 0 Å². The number of hydrogen-bond donors (Lipinski definition) is 0. The van der Waals surface area contributed by atoms with Crippen LogP contribution in [0.2, 0.25) is 0 Å². The van der Waals surface area contributed by atoms with Crippen LogP contribution in [0.5, 0.6) is 0 Å². The third-order valence-electron chi connectivity index (χ3n) is 4.54. The average molecular weight is 436 g/mol. The van der Waals surface area contributed by atoms with Crippen LogP contribution in [0.25, 0.3) is 5.69 Å². The molecular formula is C22H21N5OS2. The normalized spacial score (nSPS) is 10.9. The number of thioether (sulfide) groups is 1. The van der Waals surface area contributed by atoms with Crippen molar-refractivity contribution in [2.45, 2.75) is 25.9 Å². The van der Waals surface area contributed by atoms with Gasteiger partial charge >= 0.3 is 0 Å². The molecule has 0 fully saturated rings. The maximum atomic E-state index is 13.3. The first-order valence-corrected chi connectivity index (χ1v) is 11.3. The molecule has 152 valence electrons. The number of benzene rings is 2. The van der Waals surface area contributed by atoms with Crippen molar-refractivity contribution >= 4 is 39.8 Å². The number of aromatic nitrogens is 4. The summed E-state index contributed by atoms with van der Waals surface area (Å²) in [6.45, 7) is 5.89. The Balaban J connectivity index is 1.60. The van der Waals surface area contributed by atoms with E-state index < -0.39 is 0 Å². The molecule has 30 heavy (non-hydrogen) atoms. The van der Waals surface area contributed by atoms with E-state index in [1.807, 2.05) is 72.3 Å².